The van der Waals surface area contributed by atoms with Gasteiger partial charge in [0.05, 0.1) is 17.3 Å². The predicted molar refractivity (Wildman–Crippen MR) is 93.2 cm³/mol. The fourth-order valence-corrected chi connectivity index (χ4v) is 3.18. The Balaban J connectivity index is 1.82. The highest BCUT2D eigenvalue weighted by atomic mass is 35.5. The lowest BCUT2D eigenvalue weighted by molar-refractivity contribution is -0.194. The van der Waals surface area contributed by atoms with Crippen molar-refractivity contribution in [3.63, 3.8) is 0 Å². The number of benzene rings is 1. The molecule has 29 heavy (non-hydrogen) atoms. The van der Waals surface area contributed by atoms with Crippen molar-refractivity contribution in [2.24, 2.45) is 0 Å². The van der Waals surface area contributed by atoms with Gasteiger partial charge in [-0.05, 0) is 37.3 Å². The average molecular weight is 433 g/mol. The van der Waals surface area contributed by atoms with Gasteiger partial charge in [-0.3, -0.25) is 4.90 Å². The quantitative estimate of drug-likeness (QED) is 0.573. The third kappa shape index (κ3) is 4.32. The van der Waals surface area contributed by atoms with Gasteiger partial charge in [-0.1, -0.05) is 17.7 Å². The van der Waals surface area contributed by atoms with Crippen molar-refractivity contribution >= 4 is 23.7 Å². The number of nitrogens with one attached hydrogen (secondary N) is 1. The molecular formula is C16H16ClF3N6O3. The summed E-state index contributed by atoms with van der Waals surface area (Å²) in [6.07, 6.45) is -6.67. The van der Waals surface area contributed by atoms with E-state index in [0.29, 0.717) is 10.7 Å². The van der Waals surface area contributed by atoms with Crippen LogP contribution in [0.4, 0.5) is 18.0 Å². The highest BCUT2D eigenvalue weighted by Crippen LogP contribution is 2.33. The molecule has 1 N–H and O–H groups in total. The van der Waals surface area contributed by atoms with Gasteiger partial charge >= 0.3 is 18.2 Å². The van der Waals surface area contributed by atoms with E-state index in [1.165, 1.54) is 4.80 Å². The maximum absolute atomic E-state index is 12.4. The van der Waals surface area contributed by atoms with Crippen molar-refractivity contribution in [3.05, 3.63) is 35.1 Å². The summed E-state index contributed by atoms with van der Waals surface area (Å²) in [5.74, 6) is -2.37. The molecule has 0 spiro atoms. The Morgan fingerprint density at radius 1 is 1.34 bits per heavy atom. The molecule has 3 rings (SSSR count). The maximum atomic E-state index is 12.4. The number of hydrogen-bond donors (Lipinski definition) is 1. The number of nitrogens with zero attached hydrogens (tertiary/aromatic N) is 5. The minimum Gasteiger partial charge on any atom is -0.369 e. The van der Waals surface area contributed by atoms with Gasteiger partial charge in [-0.25, -0.2) is 9.59 Å². The van der Waals surface area contributed by atoms with Crippen LogP contribution in [0, 0.1) is 0 Å². The molecule has 1 aromatic heterocycles. The van der Waals surface area contributed by atoms with Gasteiger partial charge in [0.15, 0.2) is 5.82 Å². The molecule has 0 aliphatic carbocycles. The van der Waals surface area contributed by atoms with Gasteiger partial charge in [-0.15, -0.1) is 15.0 Å². The monoisotopic (exact) mass is 432 g/mol. The summed E-state index contributed by atoms with van der Waals surface area (Å²) in [4.78, 5) is 25.5. The molecular weight excluding hydrogens is 417 g/mol. The van der Waals surface area contributed by atoms with Crippen LogP contribution in [-0.2, 0) is 9.53 Å². The van der Waals surface area contributed by atoms with Crippen molar-refractivity contribution in [3.8, 4) is 5.69 Å². The summed E-state index contributed by atoms with van der Waals surface area (Å²) >= 11 is 5.96. The maximum Gasteiger partial charge on any atom is 0.491 e. The number of carbonyl (C=O) groups excluding carboxylic acids is 2. The van der Waals surface area contributed by atoms with E-state index in [9.17, 15) is 22.8 Å². The van der Waals surface area contributed by atoms with Gasteiger partial charge in [-0.2, -0.15) is 13.2 Å². The minimum absolute atomic E-state index is 0.0237. The number of ether oxygens (including phenoxy) is 1. The van der Waals surface area contributed by atoms with E-state index >= 15 is 0 Å². The first-order chi connectivity index (χ1) is 13.5. The molecule has 1 aromatic carbocycles. The molecule has 1 unspecified atom stereocenters. The fourth-order valence-electron chi connectivity index (χ4n) is 2.99. The van der Waals surface area contributed by atoms with Crippen LogP contribution in [0.3, 0.4) is 0 Å². The molecule has 156 valence electrons. The Morgan fingerprint density at radius 3 is 2.72 bits per heavy atom. The molecule has 1 saturated heterocycles. The van der Waals surface area contributed by atoms with Gasteiger partial charge < -0.3 is 10.1 Å². The summed E-state index contributed by atoms with van der Waals surface area (Å²) in [5, 5.41) is 15.8. The number of hydrogen-bond acceptors (Lipinski definition) is 7. The molecule has 2 heterocycles. The smallest absolute Gasteiger partial charge is 0.369 e. The van der Waals surface area contributed by atoms with Gasteiger partial charge in [0.1, 0.15) is 0 Å². The van der Waals surface area contributed by atoms with Crippen LogP contribution >= 0.6 is 11.6 Å². The van der Waals surface area contributed by atoms with E-state index in [1.54, 1.807) is 38.1 Å². The summed E-state index contributed by atoms with van der Waals surface area (Å²) < 4.78 is 41.2. The molecule has 9 nitrogen and oxygen atoms in total. The van der Waals surface area contributed by atoms with Crippen molar-refractivity contribution in [1.82, 2.24) is 30.4 Å². The molecule has 1 fully saturated rings. The zero-order valence-electron chi connectivity index (χ0n) is 15.3. The number of alkyl halides is 3. The lowest BCUT2D eigenvalue weighted by Gasteiger charge is -2.46. The molecule has 1 aliphatic heterocycles. The van der Waals surface area contributed by atoms with E-state index in [0.717, 1.165) is 4.90 Å². The number of carbonyl (C=O) groups is 2. The lowest BCUT2D eigenvalue weighted by atomic mass is 9.89. The Hall–Kier alpha value is -2.73. The number of amides is 1. The van der Waals surface area contributed by atoms with E-state index in [-0.39, 0.29) is 18.9 Å². The summed E-state index contributed by atoms with van der Waals surface area (Å²) in [5.41, 5.74) is -0.569. The van der Waals surface area contributed by atoms with Crippen LogP contribution in [0.1, 0.15) is 25.7 Å². The molecule has 0 radical (unpaired) electrons. The SMILES string of the molecule is CC1(C)C(c2nnn(-c3cccc(Cl)c3)n2)NCCN1C(=O)OC(=O)C(F)(F)F. The molecule has 2 aromatic rings. The van der Waals surface area contributed by atoms with Crippen molar-refractivity contribution in [2.45, 2.75) is 31.6 Å². The first kappa shape index (κ1) is 21.0. The first-order valence-electron chi connectivity index (χ1n) is 8.40. The van der Waals surface area contributed by atoms with Crippen LogP contribution in [0.5, 0.6) is 0 Å². The Bertz CT molecular complexity index is 933. The molecule has 1 atom stereocenters. The predicted octanol–water partition coefficient (Wildman–Crippen LogP) is 2.27. The Kier molecular flexibility index (Phi) is 5.50. The van der Waals surface area contributed by atoms with E-state index in [2.05, 4.69) is 25.5 Å². The summed E-state index contributed by atoms with van der Waals surface area (Å²) in [6, 6.07) is 6.04. The zero-order valence-corrected chi connectivity index (χ0v) is 16.0. The van der Waals surface area contributed by atoms with Crippen molar-refractivity contribution < 1.29 is 27.5 Å². The first-order valence-corrected chi connectivity index (χ1v) is 8.78. The van der Waals surface area contributed by atoms with E-state index < -0.39 is 29.8 Å². The van der Waals surface area contributed by atoms with Crippen molar-refractivity contribution in [1.29, 1.82) is 0 Å². The highest BCUT2D eigenvalue weighted by molar-refractivity contribution is 6.30. The van der Waals surface area contributed by atoms with Crippen molar-refractivity contribution in [2.75, 3.05) is 13.1 Å². The van der Waals surface area contributed by atoms with Crippen LogP contribution in [-0.4, -0.2) is 62.0 Å². The highest BCUT2D eigenvalue weighted by Gasteiger charge is 2.48. The molecule has 0 saturated carbocycles. The van der Waals surface area contributed by atoms with Crippen LogP contribution in [0.15, 0.2) is 24.3 Å². The van der Waals surface area contributed by atoms with Crippen LogP contribution < -0.4 is 5.32 Å². The normalized spacial score (nSPS) is 19.1. The average Bonchev–Trinajstić information content (AvgIpc) is 3.09. The number of aromatic nitrogens is 4. The third-order valence-corrected chi connectivity index (χ3v) is 4.68. The molecule has 1 amide bonds. The van der Waals surface area contributed by atoms with Gasteiger partial charge in [0, 0.05) is 18.1 Å². The molecule has 13 heteroatoms. The van der Waals surface area contributed by atoms with E-state index in [1.807, 2.05) is 0 Å². The van der Waals surface area contributed by atoms with Gasteiger partial charge in [0.25, 0.3) is 0 Å². The Labute approximate surface area is 167 Å². The summed E-state index contributed by atoms with van der Waals surface area (Å²) in [6.45, 7) is 3.41. The second kappa shape index (κ2) is 7.59. The molecule has 1 aliphatic rings. The number of halogens is 4. The molecule has 0 bridgehead atoms. The summed E-state index contributed by atoms with van der Waals surface area (Å²) in [7, 11) is 0. The number of rotatable bonds is 2. The lowest BCUT2D eigenvalue weighted by Crippen LogP contribution is -2.62. The second-order valence-electron chi connectivity index (χ2n) is 6.76. The standard InChI is InChI=1S/C16H16ClF3N6O3/c1-15(2)11(12-22-24-26(23-12)10-5-3-4-9(17)8-10)21-6-7-25(15)14(28)29-13(27)16(18,19)20/h3-5,8,11,21H,6-7H2,1-2H3. The second-order valence-corrected chi connectivity index (χ2v) is 7.20. The van der Waals surface area contributed by atoms with E-state index in [4.69, 9.17) is 11.6 Å². The number of esters is 1. The van der Waals surface area contributed by atoms with Gasteiger partial charge in [0.2, 0.25) is 0 Å². The largest absolute Gasteiger partial charge is 0.491 e. The Morgan fingerprint density at radius 2 is 2.07 bits per heavy atom. The zero-order chi connectivity index (χ0) is 21.4. The van der Waals surface area contributed by atoms with Crippen LogP contribution in [0.25, 0.3) is 5.69 Å². The third-order valence-electron chi connectivity index (χ3n) is 4.44. The topological polar surface area (TPSA) is 102 Å². The number of tetrazole rings is 1. The number of piperazine rings is 1. The fraction of sp³-hybridized carbons (Fsp3) is 0.438. The van der Waals surface area contributed by atoms with Crippen LogP contribution in [0.2, 0.25) is 5.02 Å². The minimum atomic E-state index is -5.27.